The average molecular weight is 211 g/mol. The number of rotatable bonds is 6. The largest absolute Gasteiger partial charge is 0.344 e. The predicted octanol–water partition coefficient (Wildman–Crippen LogP) is 1.09. The van der Waals surface area contributed by atoms with Gasteiger partial charge in [0, 0.05) is 19.6 Å². The minimum atomic E-state index is 0.0841. The van der Waals surface area contributed by atoms with Crippen LogP contribution in [0.4, 0.5) is 0 Å². The van der Waals surface area contributed by atoms with Crippen LogP contribution < -0.4 is 0 Å². The zero-order chi connectivity index (χ0) is 11.8. The Balaban J connectivity index is 4.05. The second kappa shape index (κ2) is 7.24. The van der Waals surface area contributed by atoms with Gasteiger partial charge in [0.15, 0.2) is 0 Å². The highest BCUT2D eigenvalue weighted by molar-refractivity contribution is 5.78. The minimum absolute atomic E-state index is 0.0841. The van der Waals surface area contributed by atoms with Gasteiger partial charge in [-0.15, -0.1) is 0 Å². The van der Waals surface area contributed by atoms with Crippen molar-refractivity contribution >= 4 is 5.91 Å². The number of likely N-dealkylation sites (N-methyl/N-ethyl adjacent to an activating group) is 2. The molecular formula is C11H21N3O. The molecule has 0 radical (unpaired) electrons. The van der Waals surface area contributed by atoms with Gasteiger partial charge in [-0.1, -0.05) is 6.92 Å². The topological polar surface area (TPSA) is 47.3 Å². The number of carbonyl (C=O) groups is 1. The summed E-state index contributed by atoms with van der Waals surface area (Å²) in [5.41, 5.74) is 0. The fraction of sp³-hybridized carbons (Fsp3) is 0.818. The van der Waals surface area contributed by atoms with Crippen LogP contribution in [0, 0.1) is 11.3 Å². The molecule has 0 aliphatic carbocycles. The quantitative estimate of drug-likeness (QED) is 0.660. The fourth-order valence-electron chi connectivity index (χ4n) is 1.30. The van der Waals surface area contributed by atoms with E-state index in [2.05, 4.69) is 18.7 Å². The monoisotopic (exact) mass is 211 g/mol. The molecule has 4 heteroatoms. The molecule has 0 heterocycles. The zero-order valence-corrected chi connectivity index (χ0v) is 10.2. The van der Waals surface area contributed by atoms with E-state index in [0.717, 1.165) is 6.54 Å². The van der Waals surface area contributed by atoms with Crippen molar-refractivity contribution in [3.63, 3.8) is 0 Å². The molecule has 0 rings (SSSR count). The maximum atomic E-state index is 11.7. The summed E-state index contributed by atoms with van der Waals surface area (Å²) in [6.07, 6.45) is 0.399. The van der Waals surface area contributed by atoms with E-state index in [4.69, 9.17) is 5.26 Å². The van der Waals surface area contributed by atoms with Crippen molar-refractivity contribution in [3.05, 3.63) is 0 Å². The van der Waals surface area contributed by atoms with Crippen LogP contribution in [-0.4, -0.2) is 48.4 Å². The van der Waals surface area contributed by atoms with E-state index in [1.54, 1.807) is 11.9 Å². The Morgan fingerprint density at radius 1 is 1.47 bits per heavy atom. The van der Waals surface area contributed by atoms with Crippen molar-refractivity contribution in [1.82, 2.24) is 9.80 Å². The minimum Gasteiger partial charge on any atom is -0.344 e. The number of nitriles is 1. The lowest BCUT2D eigenvalue weighted by atomic mass is 10.3. The maximum Gasteiger partial charge on any atom is 0.236 e. The third-order valence-electron chi connectivity index (χ3n) is 2.46. The Bertz CT molecular complexity index is 232. The Hall–Kier alpha value is -1.08. The van der Waals surface area contributed by atoms with Crippen molar-refractivity contribution in [1.29, 1.82) is 5.26 Å². The van der Waals surface area contributed by atoms with Gasteiger partial charge in [-0.2, -0.15) is 5.26 Å². The van der Waals surface area contributed by atoms with E-state index in [9.17, 15) is 4.79 Å². The third kappa shape index (κ3) is 5.38. The van der Waals surface area contributed by atoms with Crippen molar-refractivity contribution in [2.75, 3.05) is 26.7 Å². The SMILES string of the molecule is CCN(CC(=O)N(C)CCC#N)C(C)C. The standard InChI is InChI=1S/C11H21N3O/c1-5-14(10(2)3)9-11(15)13(4)8-6-7-12/h10H,5-6,8-9H2,1-4H3. The van der Waals surface area contributed by atoms with Gasteiger partial charge in [0.2, 0.25) is 5.91 Å². The molecule has 0 N–H and O–H groups in total. The normalized spacial score (nSPS) is 10.5. The van der Waals surface area contributed by atoms with Crippen LogP contribution >= 0.6 is 0 Å². The summed E-state index contributed by atoms with van der Waals surface area (Å²) < 4.78 is 0. The summed E-state index contributed by atoms with van der Waals surface area (Å²) in [5, 5.41) is 8.41. The van der Waals surface area contributed by atoms with Gasteiger partial charge in [0.05, 0.1) is 19.0 Å². The highest BCUT2D eigenvalue weighted by atomic mass is 16.2. The second-order valence-corrected chi connectivity index (χ2v) is 3.88. The number of nitrogens with zero attached hydrogens (tertiary/aromatic N) is 3. The lowest BCUT2D eigenvalue weighted by Gasteiger charge is -2.26. The van der Waals surface area contributed by atoms with Crippen molar-refractivity contribution in [3.8, 4) is 6.07 Å². The van der Waals surface area contributed by atoms with Gasteiger partial charge in [-0.25, -0.2) is 0 Å². The Morgan fingerprint density at radius 2 is 2.07 bits per heavy atom. The molecule has 15 heavy (non-hydrogen) atoms. The first-order chi connectivity index (χ1) is 7.02. The van der Waals surface area contributed by atoms with Crippen LogP contribution in [0.5, 0.6) is 0 Å². The molecule has 1 amide bonds. The summed E-state index contributed by atoms with van der Waals surface area (Å²) in [6.45, 7) is 8.03. The van der Waals surface area contributed by atoms with Gasteiger partial charge < -0.3 is 4.90 Å². The summed E-state index contributed by atoms with van der Waals surface area (Å²) in [7, 11) is 1.74. The molecule has 0 saturated carbocycles. The second-order valence-electron chi connectivity index (χ2n) is 3.88. The van der Waals surface area contributed by atoms with Crippen LogP contribution in [-0.2, 0) is 4.79 Å². The summed E-state index contributed by atoms with van der Waals surface area (Å²) in [4.78, 5) is 15.4. The number of amides is 1. The first-order valence-electron chi connectivity index (χ1n) is 5.37. The van der Waals surface area contributed by atoms with E-state index in [1.165, 1.54) is 0 Å². The average Bonchev–Trinajstić information content (AvgIpc) is 2.21. The van der Waals surface area contributed by atoms with Crippen LogP contribution in [0.2, 0.25) is 0 Å². The van der Waals surface area contributed by atoms with Crippen LogP contribution in [0.15, 0.2) is 0 Å². The zero-order valence-electron chi connectivity index (χ0n) is 10.2. The Kier molecular flexibility index (Phi) is 6.72. The molecule has 0 saturated heterocycles. The Morgan fingerprint density at radius 3 is 2.47 bits per heavy atom. The molecule has 0 aromatic heterocycles. The molecular weight excluding hydrogens is 190 g/mol. The molecule has 0 unspecified atom stereocenters. The predicted molar refractivity (Wildman–Crippen MR) is 60.3 cm³/mol. The van der Waals surface area contributed by atoms with Crippen molar-refractivity contribution in [2.24, 2.45) is 0 Å². The molecule has 0 aromatic rings. The molecule has 0 spiro atoms. The van der Waals surface area contributed by atoms with Crippen molar-refractivity contribution in [2.45, 2.75) is 33.2 Å². The van der Waals surface area contributed by atoms with Crippen LogP contribution in [0.1, 0.15) is 27.2 Å². The third-order valence-corrected chi connectivity index (χ3v) is 2.46. The van der Waals surface area contributed by atoms with Crippen LogP contribution in [0.25, 0.3) is 0 Å². The van der Waals surface area contributed by atoms with Gasteiger partial charge in [-0.05, 0) is 20.4 Å². The molecule has 4 nitrogen and oxygen atoms in total. The summed E-state index contributed by atoms with van der Waals surface area (Å²) >= 11 is 0. The molecule has 0 aliphatic rings. The van der Waals surface area contributed by atoms with Gasteiger partial charge >= 0.3 is 0 Å². The van der Waals surface area contributed by atoms with Gasteiger partial charge in [-0.3, -0.25) is 9.69 Å². The van der Waals surface area contributed by atoms with E-state index < -0.39 is 0 Å². The molecule has 0 aromatic carbocycles. The first kappa shape index (κ1) is 13.9. The van der Waals surface area contributed by atoms with E-state index in [0.29, 0.717) is 25.6 Å². The molecule has 86 valence electrons. The van der Waals surface area contributed by atoms with Gasteiger partial charge in [0.25, 0.3) is 0 Å². The molecule has 0 bridgehead atoms. The molecule has 0 atom stereocenters. The number of hydrogen-bond acceptors (Lipinski definition) is 3. The molecule has 0 fully saturated rings. The lowest BCUT2D eigenvalue weighted by molar-refractivity contribution is -0.131. The van der Waals surface area contributed by atoms with E-state index >= 15 is 0 Å². The van der Waals surface area contributed by atoms with E-state index in [-0.39, 0.29) is 5.91 Å². The fourth-order valence-corrected chi connectivity index (χ4v) is 1.30. The molecule has 0 aliphatic heterocycles. The van der Waals surface area contributed by atoms with Gasteiger partial charge in [0.1, 0.15) is 0 Å². The lowest BCUT2D eigenvalue weighted by Crippen LogP contribution is -2.41. The number of carbonyl (C=O) groups excluding carboxylic acids is 1. The van der Waals surface area contributed by atoms with E-state index in [1.807, 2.05) is 13.0 Å². The highest BCUT2D eigenvalue weighted by Crippen LogP contribution is 1.99. The van der Waals surface area contributed by atoms with Crippen molar-refractivity contribution < 1.29 is 4.79 Å². The first-order valence-corrected chi connectivity index (χ1v) is 5.37. The van der Waals surface area contributed by atoms with Crippen LogP contribution in [0.3, 0.4) is 0 Å². The highest BCUT2D eigenvalue weighted by Gasteiger charge is 2.14. The number of hydrogen-bond donors (Lipinski definition) is 0. The summed E-state index contributed by atoms with van der Waals surface area (Å²) in [5.74, 6) is 0.0841. The maximum absolute atomic E-state index is 11.7. The Labute approximate surface area is 92.5 Å². The summed E-state index contributed by atoms with van der Waals surface area (Å²) in [6, 6.07) is 2.41. The smallest absolute Gasteiger partial charge is 0.236 e.